The standard InChI is InChI=1S/C20H24N2O2/c1-14-13-16(14)19-9-7-15(24-19)8-10-20(23)22-12-4-6-18(22)17-5-2-3-11-21-17/h2-3,5,7,9,11,14,16,18H,4,6,8,10,12-13H2,1H3/t14-,16-,18+/m1/s1. The van der Waals surface area contributed by atoms with Gasteiger partial charge in [0.05, 0.1) is 11.7 Å². The van der Waals surface area contributed by atoms with E-state index in [1.54, 1.807) is 6.20 Å². The van der Waals surface area contributed by atoms with E-state index in [2.05, 4.69) is 18.0 Å². The Morgan fingerprint density at radius 3 is 2.96 bits per heavy atom. The molecule has 1 saturated heterocycles. The van der Waals surface area contributed by atoms with E-state index < -0.39 is 0 Å². The number of hydrogen-bond donors (Lipinski definition) is 0. The van der Waals surface area contributed by atoms with E-state index in [9.17, 15) is 4.79 Å². The molecule has 0 unspecified atom stereocenters. The highest BCUT2D eigenvalue weighted by atomic mass is 16.3. The van der Waals surface area contributed by atoms with Crippen LogP contribution in [0.25, 0.3) is 0 Å². The van der Waals surface area contributed by atoms with E-state index in [0.29, 0.717) is 18.8 Å². The molecular weight excluding hydrogens is 300 g/mol. The van der Waals surface area contributed by atoms with Gasteiger partial charge in [-0.15, -0.1) is 0 Å². The minimum Gasteiger partial charge on any atom is -0.466 e. The van der Waals surface area contributed by atoms with Gasteiger partial charge in [-0.3, -0.25) is 9.78 Å². The maximum atomic E-state index is 12.7. The molecule has 0 spiro atoms. The Hall–Kier alpha value is -2.10. The molecule has 2 aliphatic rings. The molecule has 126 valence electrons. The van der Waals surface area contributed by atoms with Crippen LogP contribution in [-0.2, 0) is 11.2 Å². The topological polar surface area (TPSA) is 46.3 Å². The maximum Gasteiger partial charge on any atom is 0.223 e. The van der Waals surface area contributed by atoms with Crippen molar-refractivity contribution in [2.24, 2.45) is 5.92 Å². The van der Waals surface area contributed by atoms with Crippen LogP contribution >= 0.6 is 0 Å². The smallest absolute Gasteiger partial charge is 0.223 e. The maximum absolute atomic E-state index is 12.7. The van der Waals surface area contributed by atoms with Crippen molar-refractivity contribution in [1.82, 2.24) is 9.88 Å². The third kappa shape index (κ3) is 3.10. The molecule has 0 N–H and O–H groups in total. The molecule has 4 rings (SSSR count). The SMILES string of the molecule is C[C@@H]1C[C@H]1c1ccc(CCC(=O)N2CCC[C@H]2c2ccccn2)o1. The van der Waals surface area contributed by atoms with Crippen molar-refractivity contribution >= 4 is 5.91 Å². The highest BCUT2D eigenvalue weighted by Gasteiger charge is 2.36. The normalized spacial score (nSPS) is 25.9. The van der Waals surface area contributed by atoms with Crippen LogP contribution < -0.4 is 0 Å². The monoisotopic (exact) mass is 324 g/mol. The average Bonchev–Trinajstić information content (AvgIpc) is 3.05. The summed E-state index contributed by atoms with van der Waals surface area (Å²) in [7, 11) is 0. The zero-order chi connectivity index (χ0) is 16.5. The third-order valence-electron chi connectivity index (χ3n) is 5.34. The number of amides is 1. The fraction of sp³-hybridized carbons (Fsp3) is 0.500. The summed E-state index contributed by atoms with van der Waals surface area (Å²) in [4.78, 5) is 19.1. The molecule has 1 aliphatic heterocycles. The molecule has 1 aliphatic carbocycles. The minimum absolute atomic E-state index is 0.137. The molecule has 4 nitrogen and oxygen atoms in total. The fourth-order valence-corrected chi connectivity index (χ4v) is 3.77. The number of hydrogen-bond acceptors (Lipinski definition) is 3. The summed E-state index contributed by atoms with van der Waals surface area (Å²) in [6.45, 7) is 3.09. The number of pyridine rings is 1. The van der Waals surface area contributed by atoms with Crippen molar-refractivity contribution < 1.29 is 9.21 Å². The van der Waals surface area contributed by atoms with Crippen LogP contribution in [-0.4, -0.2) is 22.3 Å². The third-order valence-corrected chi connectivity index (χ3v) is 5.34. The predicted octanol–water partition coefficient (Wildman–Crippen LogP) is 4.09. The molecule has 0 aromatic carbocycles. The Labute approximate surface area is 142 Å². The zero-order valence-corrected chi connectivity index (χ0v) is 14.1. The summed E-state index contributed by atoms with van der Waals surface area (Å²) >= 11 is 0. The van der Waals surface area contributed by atoms with Crippen LogP contribution in [0.3, 0.4) is 0 Å². The first-order chi connectivity index (χ1) is 11.7. The highest BCUT2D eigenvalue weighted by molar-refractivity contribution is 5.77. The van der Waals surface area contributed by atoms with Crippen LogP contribution in [0.15, 0.2) is 40.9 Å². The predicted molar refractivity (Wildman–Crippen MR) is 91.5 cm³/mol. The molecule has 24 heavy (non-hydrogen) atoms. The molecule has 4 heteroatoms. The van der Waals surface area contributed by atoms with Crippen molar-refractivity contribution in [3.05, 3.63) is 53.7 Å². The van der Waals surface area contributed by atoms with E-state index >= 15 is 0 Å². The van der Waals surface area contributed by atoms with Gasteiger partial charge in [-0.05, 0) is 49.4 Å². The first kappa shape index (κ1) is 15.4. The largest absolute Gasteiger partial charge is 0.466 e. The van der Waals surface area contributed by atoms with Crippen molar-refractivity contribution in [2.45, 2.75) is 51.0 Å². The van der Waals surface area contributed by atoms with Crippen LogP contribution in [0.2, 0.25) is 0 Å². The van der Waals surface area contributed by atoms with Gasteiger partial charge in [0.2, 0.25) is 5.91 Å². The molecular formula is C20H24N2O2. The summed E-state index contributed by atoms with van der Waals surface area (Å²) < 4.78 is 5.92. The van der Waals surface area contributed by atoms with E-state index in [1.807, 2.05) is 29.2 Å². The molecule has 0 radical (unpaired) electrons. The zero-order valence-electron chi connectivity index (χ0n) is 14.1. The van der Waals surface area contributed by atoms with Gasteiger partial charge < -0.3 is 9.32 Å². The molecule has 2 aromatic rings. The summed E-state index contributed by atoms with van der Waals surface area (Å²) in [5.74, 6) is 3.58. The lowest BCUT2D eigenvalue weighted by Crippen LogP contribution is -2.31. The lowest BCUT2D eigenvalue weighted by Gasteiger charge is -2.24. The van der Waals surface area contributed by atoms with Crippen LogP contribution in [0.4, 0.5) is 0 Å². The Morgan fingerprint density at radius 1 is 1.33 bits per heavy atom. The number of carbonyl (C=O) groups excluding carboxylic acids is 1. The van der Waals surface area contributed by atoms with Crippen molar-refractivity contribution in [3.63, 3.8) is 0 Å². The second kappa shape index (κ2) is 6.42. The number of furan rings is 1. The van der Waals surface area contributed by atoms with Crippen LogP contribution in [0, 0.1) is 5.92 Å². The molecule has 2 aromatic heterocycles. The Morgan fingerprint density at radius 2 is 2.21 bits per heavy atom. The van der Waals surface area contributed by atoms with Gasteiger partial charge >= 0.3 is 0 Å². The van der Waals surface area contributed by atoms with Crippen LogP contribution in [0.5, 0.6) is 0 Å². The van der Waals surface area contributed by atoms with Crippen LogP contribution in [0.1, 0.15) is 61.8 Å². The van der Waals surface area contributed by atoms with E-state index in [1.165, 1.54) is 6.42 Å². The number of carbonyl (C=O) groups is 1. The summed E-state index contributed by atoms with van der Waals surface area (Å²) in [5.41, 5.74) is 1.01. The second-order valence-electron chi connectivity index (χ2n) is 7.12. The average molecular weight is 324 g/mol. The first-order valence-electron chi connectivity index (χ1n) is 9.01. The number of likely N-dealkylation sites (tertiary alicyclic amines) is 1. The second-order valence-corrected chi connectivity index (χ2v) is 7.12. The van der Waals surface area contributed by atoms with E-state index in [0.717, 1.165) is 42.5 Å². The molecule has 2 fully saturated rings. The quantitative estimate of drug-likeness (QED) is 0.832. The van der Waals surface area contributed by atoms with Gasteiger partial charge in [0.25, 0.3) is 0 Å². The lowest BCUT2D eigenvalue weighted by molar-refractivity contribution is -0.132. The van der Waals surface area contributed by atoms with Gasteiger partial charge in [0.15, 0.2) is 0 Å². The molecule has 0 bridgehead atoms. The lowest BCUT2D eigenvalue weighted by atomic mass is 10.1. The minimum atomic E-state index is 0.137. The van der Waals surface area contributed by atoms with Crippen molar-refractivity contribution in [2.75, 3.05) is 6.54 Å². The summed E-state index contributed by atoms with van der Waals surface area (Å²) in [6.07, 6.45) is 6.29. The number of nitrogens with zero attached hydrogens (tertiary/aromatic N) is 2. The van der Waals surface area contributed by atoms with Gasteiger partial charge in [0, 0.05) is 31.5 Å². The Kier molecular flexibility index (Phi) is 4.13. The molecule has 3 heterocycles. The van der Waals surface area contributed by atoms with E-state index in [4.69, 9.17) is 4.42 Å². The Bertz CT molecular complexity index is 709. The first-order valence-corrected chi connectivity index (χ1v) is 9.01. The van der Waals surface area contributed by atoms with Crippen molar-refractivity contribution in [3.8, 4) is 0 Å². The molecule has 1 saturated carbocycles. The van der Waals surface area contributed by atoms with E-state index in [-0.39, 0.29) is 11.9 Å². The number of aromatic nitrogens is 1. The highest BCUT2D eigenvalue weighted by Crippen LogP contribution is 2.47. The van der Waals surface area contributed by atoms with Gasteiger partial charge in [-0.2, -0.15) is 0 Å². The number of aryl methyl sites for hydroxylation is 1. The molecule has 3 atom stereocenters. The Balaban J connectivity index is 1.36. The van der Waals surface area contributed by atoms with Gasteiger partial charge in [-0.25, -0.2) is 0 Å². The van der Waals surface area contributed by atoms with Gasteiger partial charge in [-0.1, -0.05) is 13.0 Å². The molecule has 1 amide bonds. The summed E-state index contributed by atoms with van der Waals surface area (Å²) in [5, 5.41) is 0. The summed E-state index contributed by atoms with van der Waals surface area (Å²) in [6, 6.07) is 10.2. The number of rotatable bonds is 5. The van der Waals surface area contributed by atoms with Crippen molar-refractivity contribution in [1.29, 1.82) is 0 Å². The fourth-order valence-electron chi connectivity index (χ4n) is 3.77. The van der Waals surface area contributed by atoms with Gasteiger partial charge in [0.1, 0.15) is 11.5 Å².